The van der Waals surface area contributed by atoms with Crippen LogP contribution in [-0.2, 0) is 4.79 Å². The van der Waals surface area contributed by atoms with Crippen LogP contribution < -0.4 is 5.48 Å². The van der Waals surface area contributed by atoms with Gasteiger partial charge in [0.25, 0.3) is 5.91 Å². The van der Waals surface area contributed by atoms with Gasteiger partial charge in [0.1, 0.15) is 0 Å². The van der Waals surface area contributed by atoms with E-state index in [-0.39, 0.29) is 0 Å². The zero-order valence-electron chi connectivity index (χ0n) is 18.0. The lowest BCUT2D eigenvalue weighted by Crippen LogP contribution is -2.29. The lowest BCUT2D eigenvalue weighted by atomic mass is 10.0. The summed E-state index contributed by atoms with van der Waals surface area (Å²) in [6.45, 7) is 10.3. The van der Waals surface area contributed by atoms with Crippen LogP contribution >= 0.6 is 11.9 Å². The molecule has 2 aromatic carbocycles. The monoisotopic (exact) mass is 425 g/mol. The average molecular weight is 426 g/mol. The molecule has 0 aliphatic carbocycles. The Labute approximate surface area is 183 Å². The van der Waals surface area contributed by atoms with E-state index < -0.39 is 5.91 Å². The van der Waals surface area contributed by atoms with Crippen molar-refractivity contribution in [2.45, 2.75) is 38.1 Å². The van der Waals surface area contributed by atoms with Gasteiger partial charge >= 0.3 is 0 Å². The minimum absolute atomic E-state index is 0.401. The SMILES string of the molecule is CCN(CC)C(C)c1ccc(-c2ccc(SN3CC=C(C(=O)NO)CC3)cc2)cc1. The quantitative estimate of drug-likeness (QED) is 0.358. The first-order valence-corrected chi connectivity index (χ1v) is 11.3. The molecule has 1 aliphatic rings. The van der Waals surface area contributed by atoms with Crippen molar-refractivity contribution in [3.63, 3.8) is 0 Å². The number of nitrogens with one attached hydrogen (secondary N) is 1. The molecule has 1 heterocycles. The molecule has 0 spiro atoms. The molecular formula is C24H31N3O2S. The molecule has 0 saturated carbocycles. The third-order valence-electron chi connectivity index (χ3n) is 5.74. The fourth-order valence-electron chi connectivity index (χ4n) is 3.81. The minimum Gasteiger partial charge on any atom is -0.297 e. The summed E-state index contributed by atoms with van der Waals surface area (Å²) in [7, 11) is 0. The van der Waals surface area contributed by atoms with Crippen LogP contribution in [0.4, 0.5) is 0 Å². The highest BCUT2D eigenvalue weighted by atomic mass is 32.2. The topological polar surface area (TPSA) is 55.8 Å². The number of benzene rings is 2. The molecule has 160 valence electrons. The number of hydrogen-bond acceptors (Lipinski definition) is 5. The summed E-state index contributed by atoms with van der Waals surface area (Å²) in [5.74, 6) is -0.401. The van der Waals surface area contributed by atoms with Gasteiger partial charge in [-0.05, 0) is 67.2 Å². The third kappa shape index (κ3) is 5.52. The van der Waals surface area contributed by atoms with E-state index in [1.54, 1.807) is 17.4 Å². The molecule has 2 N–H and O–H groups in total. The van der Waals surface area contributed by atoms with E-state index in [9.17, 15) is 4.79 Å². The van der Waals surface area contributed by atoms with Crippen molar-refractivity contribution in [2.24, 2.45) is 0 Å². The highest BCUT2D eigenvalue weighted by Gasteiger charge is 2.17. The van der Waals surface area contributed by atoms with Gasteiger partial charge in [0.15, 0.2) is 0 Å². The molecular weight excluding hydrogens is 394 g/mol. The van der Waals surface area contributed by atoms with Crippen LogP contribution in [-0.4, -0.2) is 46.5 Å². The van der Waals surface area contributed by atoms with Gasteiger partial charge in [0, 0.05) is 29.6 Å². The number of amides is 1. The van der Waals surface area contributed by atoms with Gasteiger partial charge in [-0.1, -0.05) is 56.3 Å². The Hall–Kier alpha value is -2.12. The molecule has 1 atom stereocenters. The summed E-state index contributed by atoms with van der Waals surface area (Å²) in [5, 5.41) is 8.74. The second-order valence-electron chi connectivity index (χ2n) is 7.44. The Morgan fingerprint density at radius 2 is 1.70 bits per heavy atom. The predicted octanol–water partition coefficient (Wildman–Crippen LogP) is 4.90. The van der Waals surface area contributed by atoms with Gasteiger partial charge in [-0.2, -0.15) is 0 Å². The lowest BCUT2D eigenvalue weighted by molar-refractivity contribution is -0.125. The van der Waals surface area contributed by atoms with Crippen LogP contribution in [0, 0.1) is 0 Å². The molecule has 30 heavy (non-hydrogen) atoms. The van der Waals surface area contributed by atoms with Crippen molar-refractivity contribution in [3.8, 4) is 11.1 Å². The fourth-order valence-corrected chi connectivity index (χ4v) is 4.69. The van der Waals surface area contributed by atoms with E-state index in [0.717, 1.165) is 19.6 Å². The third-order valence-corrected chi connectivity index (χ3v) is 6.81. The normalized spacial score (nSPS) is 15.7. The smallest absolute Gasteiger partial charge is 0.270 e. The van der Waals surface area contributed by atoms with Crippen molar-refractivity contribution in [1.82, 2.24) is 14.7 Å². The highest BCUT2D eigenvalue weighted by molar-refractivity contribution is 7.97. The molecule has 1 aliphatic heterocycles. The van der Waals surface area contributed by atoms with E-state index in [1.165, 1.54) is 21.6 Å². The van der Waals surface area contributed by atoms with E-state index in [4.69, 9.17) is 5.21 Å². The first kappa shape index (κ1) is 22.6. The van der Waals surface area contributed by atoms with Crippen molar-refractivity contribution in [2.75, 3.05) is 26.2 Å². The first-order valence-electron chi connectivity index (χ1n) is 10.6. The van der Waals surface area contributed by atoms with Gasteiger partial charge in [0.05, 0.1) is 0 Å². The second-order valence-corrected chi connectivity index (χ2v) is 8.61. The zero-order valence-corrected chi connectivity index (χ0v) is 18.8. The van der Waals surface area contributed by atoms with E-state index in [2.05, 4.69) is 78.5 Å². The van der Waals surface area contributed by atoms with Crippen molar-refractivity contribution >= 4 is 17.9 Å². The molecule has 0 radical (unpaired) electrons. The van der Waals surface area contributed by atoms with Crippen molar-refractivity contribution < 1.29 is 10.0 Å². The van der Waals surface area contributed by atoms with Crippen molar-refractivity contribution in [1.29, 1.82) is 0 Å². The lowest BCUT2D eigenvalue weighted by Gasteiger charge is -2.26. The number of carbonyl (C=O) groups is 1. The number of carbonyl (C=O) groups excluding carboxylic acids is 1. The Morgan fingerprint density at radius 1 is 1.10 bits per heavy atom. The van der Waals surface area contributed by atoms with Gasteiger partial charge < -0.3 is 0 Å². The Balaban J connectivity index is 1.61. The van der Waals surface area contributed by atoms with Gasteiger partial charge in [-0.15, -0.1) is 0 Å². The van der Waals surface area contributed by atoms with Crippen LogP contribution in [0.2, 0.25) is 0 Å². The number of hydrogen-bond donors (Lipinski definition) is 2. The summed E-state index contributed by atoms with van der Waals surface area (Å²) >= 11 is 1.69. The maximum Gasteiger partial charge on any atom is 0.270 e. The molecule has 0 aromatic heterocycles. The summed E-state index contributed by atoms with van der Waals surface area (Å²) in [4.78, 5) is 15.1. The Morgan fingerprint density at radius 3 is 2.20 bits per heavy atom. The second kappa shape index (κ2) is 10.8. The van der Waals surface area contributed by atoms with Crippen LogP contribution in [0.1, 0.15) is 38.8 Å². The number of hydroxylamine groups is 1. The molecule has 2 aromatic rings. The first-order chi connectivity index (χ1) is 14.5. The molecule has 6 heteroatoms. The molecule has 0 saturated heterocycles. The van der Waals surface area contributed by atoms with Crippen molar-refractivity contribution in [3.05, 3.63) is 65.7 Å². The Bertz CT molecular complexity index is 861. The van der Waals surface area contributed by atoms with E-state index in [0.29, 0.717) is 24.6 Å². The summed E-state index contributed by atoms with van der Waals surface area (Å²) in [6.07, 6.45) is 2.51. The van der Waals surface area contributed by atoms with Crippen LogP contribution in [0.5, 0.6) is 0 Å². The molecule has 1 unspecified atom stereocenters. The standard InChI is InChI=1S/C24H31N3O2S/c1-4-26(5-2)18(3)19-6-8-20(9-7-19)21-10-12-23(13-11-21)30-27-16-14-22(15-17-27)24(28)25-29/h6-14,18,29H,4-5,15-17H2,1-3H3,(H,25,28). The molecule has 0 bridgehead atoms. The largest absolute Gasteiger partial charge is 0.297 e. The molecule has 0 fully saturated rings. The molecule has 1 amide bonds. The predicted molar refractivity (Wildman–Crippen MR) is 123 cm³/mol. The van der Waals surface area contributed by atoms with Gasteiger partial charge in [-0.25, -0.2) is 9.79 Å². The minimum atomic E-state index is -0.401. The average Bonchev–Trinajstić information content (AvgIpc) is 2.80. The molecule has 3 rings (SSSR count). The van der Waals surface area contributed by atoms with E-state index in [1.807, 2.05) is 6.08 Å². The van der Waals surface area contributed by atoms with Gasteiger partial charge in [0.2, 0.25) is 0 Å². The number of nitrogens with zero attached hydrogens (tertiary/aromatic N) is 2. The summed E-state index contributed by atoms with van der Waals surface area (Å²) in [6, 6.07) is 17.9. The molecule has 5 nitrogen and oxygen atoms in total. The maximum absolute atomic E-state index is 11.5. The summed E-state index contributed by atoms with van der Waals surface area (Å²) < 4.78 is 2.21. The maximum atomic E-state index is 11.5. The van der Waals surface area contributed by atoms with Crippen LogP contribution in [0.15, 0.2) is 65.1 Å². The van der Waals surface area contributed by atoms with E-state index >= 15 is 0 Å². The van der Waals surface area contributed by atoms with Crippen LogP contribution in [0.25, 0.3) is 11.1 Å². The zero-order chi connectivity index (χ0) is 21.5. The van der Waals surface area contributed by atoms with Crippen LogP contribution in [0.3, 0.4) is 0 Å². The number of rotatable bonds is 8. The highest BCUT2D eigenvalue weighted by Crippen LogP contribution is 2.29. The fraction of sp³-hybridized carbons (Fsp3) is 0.375. The summed E-state index contributed by atoms with van der Waals surface area (Å²) in [5.41, 5.74) is 6.13. The Kier molecular flexibility index (Phi) is 8.10. The van der Waals surface area contributed by atoms with Gasteiger partial charge in [-0.3, -0.25) is 14.9 Å².